The molecule has 118 valence electrons. The van der Waals surface area contributed by atoms with Crippen LogP contribution in [-0.2, 0) is 4.43 Å². The minimum absolute atomic E-state index is 0. The molecule has 4 heteroatoms. The normalized spacial score (nSPS) is 14.1. The molecular weight excluding hydrogens is 318 g/mol. The molecule has 0 aliphatic rings. The lowest BCUT2D eigenvalue weighted by Crippen LogP contribution is -3.00. The van der Waals surface area contributed by atoms with E-state index in [0.29, 0.717) is 6.23 Å². The molecule has 1 atom stereocenters. The van der Waals surface area contributed by atoms with Crippen LogP contribution in [0.3, 0.4) is 0 Å². The average Bonchev–Trinajstić information content (AvgIpc) is 2.20. The Balaban J connectivity index is 0. The maximum atomic E-state index is 6.21. The van der Waals surface area contributed by atoms with Gasteiger partial charge in [0.05, 0.1) is 20.6 Å². The molecule has 0 aromatic rings. The van der Waals surface area contributed by atoms with E-state index in [1.54, 1.807) is 0 Å². The van der Waals surface area contributed by atoms with Crippen molar-refractivity contribution in [3.63, 3.8) is 0 Å². The Hall–Kier alpha value is 0.617. The fourth-order valence-corrected chi connectivity index (χ4v) is 3.44. The molecule has 0 radical (unpaired) electrons. The predicted octanol–water partition coefficient (Wildman–Crippen LogP) is 1.62. The van der Waals surface area contributed by atoms with Crippen molar-refractivity contribution in [1.29, 1.82) is 0 Å². The molecule has 19 heavy (non-hydrogen) atoms. The molecule has 0 aromatic carbocycles. The number of quaternary nitrogens is 1. The lowest BCUT2D eigenvalue weighted by atomic mass is 10.1. The van der Waals surface area contributed by atoms with Crippen molar-refractivity contribution in [3.05, 3.63) is 0 Å². The van der Waals surface area contributed by atoms with Gasteiger partial charge in [-0.05, 0) is 32.5 Å². The molecule has 0 amide bonds. The zero-order valence-electron chi connectivity index (χ0n) is 14.3. The Morgan fingerprint density at radius 3 is 1.89 bits per heavy atom. The first-order valence-electron chi connectivity index (χ1n) is 7.69. The molecule has 0 aromatic heterocycles. The van der Waals surface area contributed by atoms with E-state index in [9.17, 15) is 0 Å². The number of rotatable bonds is 10. The van der Waals surface area contributed by atoms with Crippen LogP contribution in [0.4, 0.5) is 0 Å². The van der Waals surface area contributed by atoms with Gasteiger partial charge in [0.25, 0.3) is 0 Å². The molecule has 2 nitrogen and oxygen atoms in total. The number of unbranched alkanes of at least 4 members (excludes halogenated alkanes) is 5. The predicted molar refractivity (Wildman–Crippen MR) is 84.2 cm³/mol. The smallest absolute Gasteiger partial charge is 0.191 e. The largest absolute Gasteiger partial charge is 1.00 e. The SMILES string of the molecule is CCCCCCCC[N+](C)(C)C(C)O[Si](C)(C)C.[Br-]. The third-order valence-corrected chi connectivity index (χ3v) is 4.64. The van der Waals surface area contributed by atoms with Gasteiger partial charge in [0, 0.05) is 6.92 Å². The summed E-state index contributed by atoms with van der Waals surface area (Å²) in [7, 11) is 3.19. The Morgan fingerprint density at radius 1 is 0.947 bits per heavy atom. The fraction of sp³-hybridized carbons (Fsp3) is 1.00. The second-order valence-corrected chi connectivity index (χ2v) is 11.6. The second-order valence-electron chi connectivity index (χ2n) is 7.10. The van der Waals surface area contributed by atoms with Crippen molar-refractivity contribution < 1.29 is 25.9 Å². The third kappa shape index (κ3) is 12.1. The van der Waals surface area contributed by atoms with Gasteiger partial charge in [0.2, 0.25) is 0 Å². The van der Waals surface area contributed by atoms with E-state index in [1.807, 2.05) is 0 Å². The first-order valence-corrected chi connectivity index (χ1v) is 11.1. The van der Waals surface area contributed by atoms with E-state index in [2.05, 4.69) is 47.6 Å². The summed E-state index contributed by atoms with van der Waals surface area (Å²) in [5, 5.41) is 0. The molecule has 1 unspecified atom stereocenters. The lowest BCUT2D eigenvalue weighted by molar-refractivity contribution is -0.932. The van der Waals surface area contributed by atoms with Gasteiger partial charge in [0.1, 0.15) is 0 Å². The third-order valence-electron chi connectivity index (χ3n) is 3.60. The van der Waals surface area contributed by atoms with Crippen molar-refractivity contribution in [2.75, 3.05) is 20.6 Å². The maximum absolute atomic E-state index is 6.21. The van der Waals surface area contributed by atoms with Gasteiger partial charge in [-0.1, -0.05) is 32.6 Å². The van der Waals surface area contributed by atoms with E-state index in [-0.39, 0.29) is 17.0 Å². The van der Waals surface area contributed by atoms with E-state index in [0.717, 1.165) is 4.48 Å². The van der Waals surface area contributed by atoms with Crippen LogP contribution in [0.25, 0.3) is 0 Å². The highest BCUT2D eigenvalue weighted by atomic mass is 79.9. The van der Waals surface area contributed by atoms with Crippen molar-refractivity contribution in [2.45, 2.75) is 78.2 Å². The van der Waals surface area contributed by atoms with Crippen LogP contribution in [0, 0.1) is 0 Å². The topological polar surface area (TPSA) is 9.23 Å². The lowest BCUT2D eigenvalue weighted by Gasteiger charge is -2.38. The van der Waals surface area contributed by atoms with Crippen LogP contribution in [0.15, 0.2) is 0 Å². The van der Waals surface area contributed by atoms with Crippen LogP contribution in [0.2, 0.25) is 19.6 Å². The van der Waals surface area contributed by atoms with Crippen molar-refractivity contribution in [3.8, 4) is 0 Å². The first-order chi connectivity index (χ1) is 8.19. The van der Waals surface area contributed by atoms with E-state index >= 15 is 0 Å². The molecule has 0 fully saturated rings. The fourth-order valence-electron chi connectivity index (χ4n) is 2.14. The molecule has 0 bridgehead atoms. The minimum Gasteiger partial charge on any atom is -1.00 e. The monoisotopic (exact) mass is 353 g/mol. The second kappa shape index (κ2) is 10.4. The molecule has 0 saturated heterocycles. The average molecular weight is 354 g/mol. The molecule has 0 aliphatic heterocycles. The Labute approximate surface area is 133 Å². The molecule has 0 rings (SSSR count). The summed E-state index contributed by atoms with van der Waals surface area (Å²) in [6, 6.07) is 0. The summed E-state index contributed by atoms with van der Waals surface area (Å²) in [4.78, 5) is 0. The van der Waals surface area contributed by atoms with E-state index < -0.39 is 8.32 Å². The molecule has 0 saturated carbocycles. The summed E-state index contributed by atoms with van der Waals surface area (Å²) < 4.78 is 7.21. The number of hydrogen-bond acceptors (Lipinski definition) is 1. The first kappa shape index (κ1) is 21.9. The highest BCUT2D eigenvalue weighted by molar-refractivity contribution is 6.69. The maximum Gasteiger partial charge on any atom is 0.191 e. The Morgan fingerprint density at radius 2 is 1.42 bits per heavy atom. The van der Waals surface area contributed by atoms with Gasteiger partial charge in [-0.25, -0.2) is 0 Å². The van der Waals surface area contributed by atoms with Crippen molar-refractivity contribution in [2.24, 2.45) is 0 Å². The molecule has 0 spiro atoms. The molecule has 0 heterocycles. The molecule has 0 N–H and O–H groups in total. The van der Waals surface area contributed by atoms with Crippen LogP contribution in [0.5, 0.6) is 0 Å². The van der Waals surface area contributed by atoms with Gasteiger partial charge < -0.3 is 25.9 Å². The highest BCUT2D eigenvalue weighted by Gasteiger charge is 2.29. The molecular formula is C15H36BrNOSi. The van der Waals surface area contributed by atoms with Crippen LogP contribution in [-0.4, -0.2) is 39.7 Å². The summed E-state index contributed by atoms with van der Waals surface area (Å²) in [6.07, 6.45) is 8.57. The summed E-state index contributed by atoms with van der Waals surface area (Å²) >= 11 is 0. The number of halogens is 1. The zero-order valence-corrected chi connectivity index (χ0v) is 16.8. The standard InChI is InChI=1S/C15H36NOSi.BrH/c1-8-9-10-11-12-13-14-16(3,4)15(2)17-18(5,6)7;/h15H,8-14H2,1-7H3;1H/q+1;/p-1. The van der Waals surface area contributed by atoms with Crippen molar-refractivity contribution in [1.82, 2.24) is 0 Å². The van der Waals surface area contributed by atoms with Gasteiger partial charge in [-0.15, -0.1) is 0 Å². The highest BCUT2D eigenvalue weighted by Crippen LogP contribution is 2.16. The van der Waals surface area contributed by atoms with Crippen LogP contribution in [0.1, 0.15) is 52.4 Å². The summed E-state index contributed by atoms with van der Waals surface area (Å²) in [5.74, 6) is 0. The molecule has 0 aliphatic carbocycles. The Bertz CT molecular complexity index is 217. The Kier molecular flexibility index (Phi) is 11.9. The van der Waals surface area contributed by atoms with Gasteiger partial charge in [-0.2, -0.15) is 0 Å². The van der Waals surface area contributed by atoms with E-state index in [4.69, 9.17) is 4.43 Å². The zero-order chi connectivity index (χ0) is 14.2. The van der Waals surface area contributed by atoms with Crippen LogP contribution >= 0.6 is 0 Å². The van der Waals surface area contributed by atoms with Gasteiger partial charge in [-0.3, -0.25) is 0 Å². The van der Waals surface area contributed by atoms with Gasteiger partial charge >= 0.3 is 0 Å². The summed E-state index contributed by atoms with van der Waals surface area (Å²) in [5.41, 5.74) is 0. The van der Waals surface area contributed by atoms with Crippen LogP contribution < -0.4 is 17.0 Å². The summed E-state index contributed by atoms with van der Waals surface area (Å²) in [6.45, 7) is 12.6. The van der Waals surface area contributed by atoms with E-state index in [1.165, 1.54) is 45.1 Å². The van der Waals surface area contributed by atoms with Gasteiger partial charge in [0.15, 0.2) is 14.5 Å². The minimum atomic E-state index is -1.41. The number of nitrogens with zero attached hydrogens (tertiary/aromatic N) is 1. The number of hydrogen-bond donors (Lipinski definition) is 0. The van der Waals surface area contributed by atoms with Crippen molar-refractivity contribution >= 4 is 8.32 Å². The quantitative estimate of drug-likeness (QED) is 0.251.